The summed E-state index contributed by atoms with van der Waals surface area (Å²) in [6.45, 7) is 0. The molecule has 1 aromatic carbocycles. The Labute approximate surface area is 97.2 Å². The van der Waals surface area contributed by atoms with Crippen molar-refractivity contribution < 1.29 is 4.79 Å². The van der Waals surface area contributed by atoms with Crippen LogP contribution in [-0.2, 0) is 4.79 Å². The maximum atomic E-state index is 11.6. The van der Waals surface area contributed by atoms with Crippen molar-refractivity contribution in [1.29, 1.82) is 0 Å². The zero-order valence-corrected chi connectivity index (χ0v) is 9.88. The molecule has 0 radical (unpaired) electrons. The Hall–Kier alpha value is -0.830. The van der Waals surface area contributed by atoms with E-state index in [4.69, 9.17) is 0 Å². The Morgan fingerprint density at radius 3 is 2.87 bits per heavy atom. The summed E-state index contributed by atoms with van der Waals surface area (Å²) in [5.74, 6) is 1.37. The van der Waals surface area contributed by atoms with E-state index in [1.54, 1.807) is 0 Å². The van der Waals surface area contributed by atoms with E-state index >= 15 is 0 Å². The van der Waals surface area contributed by atoms with Gasteiger partial charge < -0.3 is 5.32 Å². The van der Waals surface area contributed by atoms with Crippen molar-refractivity contribution in [3.8, 4) is 0 Å². The Bertz CT molecular complexity index is 426. The molecule has 0 saturated heterocycles. The quantitative estimate of drug-likeness (QED) is 0.830. The number of hydrogen-bond donors (Lipinski definition) is 1. The highest BCUT2D eigenvalue weighted by atomic mass is 79.9. The van der Waals surface area contributed by atoms with Crippen LogP contribution < -0.4 is 5.32 Å². The molecule has 0 bridgehead atoms. The number of hydrogen-bond acceptors (Lipinski definition) is 1. The largest absolute Gasteiger partial charge is 0.326 e. The molecule has 0 aromatic heterocycles. The van der Waals surface area contributed by atoms with E-state index in [1.807, 2.05) is 6.07 Å². The highest BCUT2D eigenvalue weighted by Crippen LogP contribution is 2.48. The van der Waals surface area contributed by atoms with Crippen molar-refractivity contribution in [3.05, 3.63) is 28.2 Å². The Morgan fingerprint density at radius 1 is 1.33 bits per heavy atom. The van der Waals surface area contributed by atoms with E-state index < -0.39 is 0 Å². The van der Waals surface area contributed by atoms with Crippen LogP contribution in [0.5, 0.6) is 0 Å². The number of benzene rings is 1. The second-order valence-corrected chi connectivity index (χ2v) is 5.34. The van der Waals surface area contributed by atoms with Crippen LogP contribution in [0.2, 0.25) is 0 Å². The third kappa shape index (κ3) is 1.69. The summed E-state index contributed by atoms with van der Waals surface area (Å²) in [6.07, 6.45) is 3.24. The van der Waals surface area contributed by atoms with E-state index in [1.165, 1.54) is 18.4 Å². The maximum Gasteiger partial charge on any atom is 0.225 e. The summed E-state index contributed by atoms with van der Waals surface area (Å²) in [5.41, 5.74) is 2.32. The van der Waals surface area contributed by atoms with Crippen molar-refractivity contribution in [2.75, 3.05) is 5.32 Å². The molecule has 3 heteroatoms. The number of fused-ring (bicyclic) bond motifs is 1. The Balaban J connectivity index is 2.05. The van der Waals surface area contributed by atoms with Crippen LogP contribution in [0.25, 0.3) is 0 Å². The fraction of sp³-hybridized carbons (Fsp3) is 0.417. The van der Waals surface area contributed by atoms with Gasteiger partial charge in [-0.05, 0) is 42.4 Å². The molecule has 3 rings (SSSR count). The highest BCUT2D eigenvalue weighted by Gasteiger charge is 2.37. The monoisotopic (exact) mass is 265 g/mol. The first-order chi connectivity index (χ1) is 7.24. The fourth-order valence-electron chi connectivity index (χ4n) is 2.39. The zero-order chi connectivity index (χ0) is 10.4. The lowest BCUT2D eigenvalue weighted by atomic mass is 9.87. The second-order valence-electron chi connectivity index (χ2n) is 4.43. The molecular weight excluding hydrogens is 254 g/mol. The molecule has 1 aliphatic carbocycles. The van der Waals surface area contributed by atoms with Gasteiger partial charge in [0.2, 0.25) is 5.91 Å². The van der Waals surface area contributed by atoms with Gasteiger partial charge in [-0.15, -0.1) is 0 Å². The van der Waals surface area contributed by atoms with Gasteiger partial charge in [-0.2, -0.15) is 0 Å². The van der Waals surface area contributed by atoms with Gasteiger partial charge in [0, 0.05) is 16.6 Å². The zero-order valence-electron chi connectivity index (χ0n) is 8.29. The lowest BCUT2D eigenvalue weighted by Gasteiger charge is -2.25. The van der Waals surface area contributed by atoms with Crippen molar-refractivity contribution in [2.45, 2.75) is 25.2 Å². The number of rotatable bonds is 1. The molecule has 1 amide bonds. The van der Waals surface area contributed by atoms with Crippen LogP contribution in [0, 0.1) is 5.92 Å². The summed E-state index contributed by atoms with van der Waals surface area (Å²) in [7, 11) is 0. The van der Waals surface area contributed by atoms with Gasteiger partial charge in [0.25, 0.3) is 0 Å². The average molecular weight is 266 g/mol. The first-order valence-electron chi connectivity index (χ1n) is 5.33. The Kier molecular flexibility index (Phi) is 2.09. The van der Waals surface area contributed by atoms with Gasteiger partial charge in [0.05, 0.1) is 0 Å². The molecule has 1 aliphatic heterocycles. The van der Waals surface area contributed by atoms with Crippen LogP contribution >= 0.6 is 15.9 Å². The van der Waals surface area contributed by atoms with Crippen LogP contribution in [0.4, 0.5) is 5.69 Å². The number of carbonyl (C=O) groups excluding carboxylic acids is 1. The van der Waals surface area contributed by atoms with Crippen LogP contribution in [0.1, 0.15) is 30.7 Å². The minimum Gasteiger partial charge on any atom is -0.326 e. The van der Waals surface area contributed by atoms with E-state index in [-0.39, 0.29) is 5.91 Å². The third-order valence-corrected chi connectivity index (χ3v) is 3.78. The smallest absolute Gasteiger partial charge is 0.225 e. The van der Waals surface area contributed by atoms with Gasteiger partial charge in [-0.1, -0.05) is 22.0 Å². The lowest BCUT2D eigenvalue weighted by Crippen LogP contribution is -2.23. The van der Waals surface area contributed by atoms with Crippen molar-refractivity contribution in [3.63, 3.8) is 0 Å². The summed E-state index contributed by atoms with van der Waals surface area (Å²) in [6, 6.07) is 6.20. The van der Waals surface area contributed by atoms with Crippen LogP contribution in [0.3, 0.4) is 0 Å². The molecule has 1 unspecified atom stereocenters. The van der Waals surface area contributed by atoms with Crippen molar-refractivity contribution >= 4 is 27.5 Å². The van der Waals surface area contributed by atoms with Crippen LogP contribution in [0.15, 0.2) is 22.7 Å². The molecule has 1 N–H and O–H groups in total. The van der Waals surface area contributed by atoms with Crippen molar-refractivity contribution in [1.82, 2.24) is 0 Å². The van der Waals surface area contributed by atoms with E-state index in [9.17, 15) is 4.79 Å². The minimum absolute atomic E-state index is 0.164. The molecule has 2 nitrogen and oxygen atoms in total. The summed E-state index contributed by atoms with van der Waals surface area (Å²) in [5, 5.41) is 2.94. The van der Waals surface area contributed by atoms with Gasteiger partial charge in [-0.25, -0.2) is 0 Å². The standard InChI is InChI=1S/C12H12BrNO/c13-8-3-4-9-10(7-1-2-7)6-12(15)14-11(9)5-8/h3-5,7,10H,1-2,6H2,(H,14,15). The number of halogens is 1. The molecule has 1 atom stereocenters. The predicted molar refractivity (Wildman–Crippen MR) is 62.9 cm³/mol. The van der Waals surface area contributed by atoms with E-state index in [0.717, 1.165) is 16.1 Å². The number of anilines is 1. The van der Waals surface area contributed by atoms with Gasteiger partial charge in [-0.3, -0.25) is 4.79 Å². The van der Waals surface area contributed by atoms with E-state index in [2.05, 4.69) is 33.4 Å². The topological polar surface area (TPSA) is 29.1 Å². The number of carbonyl (C=O) groups is 1. The van der Waals surface area contributed by atoms with Crippen LogP contribution in [-0.4, -0.2) is 5.91 Å². The summed E-state index contributed by atoms with van der Waals surface area (Å²) < 4.78 is 1.03. The average Bonchev–Trinajstić information content (AvgIpc) is 2.98. The first-order valence-corrected chi connectivity index (χ1v) is 6.12. The fourth-order valence-corrected chi connectivity index (χ4v) is 2.75. The van der Waals surface area contributed by atoms with E-state index in [0.29, 0.717) is 12.3 Å². The summed E-state index contributed by atoms with van der Waals surface area (Å²) >= 11 is 3.43. The molecular formula is C12H12BrNO. The summed E-state index contributed by atoms with van der Waals surface area (Å²) in [4.78, 5) is 11.6. The second kappa shape index (κ2) is 3.34. The van der Waals surface area contributed by atoms with Crippen molar-refractivity contribution in [2.24, 2.45) is 5.92 Å². The molecule has 1 aromatic rings. The van der Waals surface area contributed by atoms with Gasteiger partial charge >= 0.3 is 0 Å². The molecule has 1 saturated carbocycles. The lowest BCUT2D eigenvalue weighted by molar-refractivity contribution is -0.117. The molecule has 2 aliphatic rings. The third-order valence-electron chi connectivity index (χ3n) is 3.29. The number of amides is 1. The maximum absolute atomic E-state index is 11.6. The first kappa shape index (κ1) is 9.40. The Morgan fingerprint density at radius 2 is 2.13 bits per heavy atom. The van der Waals surface area contributed by atoms with Gasteiger partial charge in [0.1, 0.15) is 0 Å². The minimum atomic E-state index is 0.164. The normalized spacial score (nSPS) is 24.6. The molecule has 0 spiro atoms. The molecule has 1 heterocycles. The molecule has 15 heavy (non-hydrogen) atoms. The molecule has 1 fully saturated rings. The molecule has 78 valence electrons. The highest BCUT2D eigenvalue weighted by molar-refractivity contribution is 9.10. The predicted octanol–water partition coefficient (Wildman–Crippen LogP) is 3.28. The SMILES string of the molecule is O=C1CC(C2CC2)c2ccc(Br)cc2N1. The number of nitrogens with one attached hydrogen (secondary N) is 1. The van der Waals surface area contributed by atoms with Gasteiger partial charge in [0.15, 0.2) is 0 Å².